The van der Waals surface area contributed by atoms with E-state index in [1.165, 1.54) is 6.33 Å². The lowest BCUT2D eigenvalue weighted by Gasteiger charge is -2.05. The summed E-state index contributed by atoms with van der Waals surface area (Å²) in [5.41, 5.74) is 7.38. The molecule has 0 saturated carbocycles. The summed E-state index contributed by atoms with van der Waals surface area (Å²) in [5, 5.41) is 5.04. The number of nitrogens with two attached hydrogens (primary N) is 1. The Morgan fingerprint density at radius 1 is 1.21 bits per heavy atom. The topological polar surface area (TPSA) is 78.9 Å². The van der Waals surface area contributed by atoms with E-state index in [-0.39, 0.29) is 0 Å². The summed E-state index contributed by atoms with van der Waals surface area (Å²) in [7, 11) is 0. The van der Waals surface area contributed by atoms with Crippen LogP contribution in [0.15, 0.2) is 36.8 Å². The van der Waals surface area contributed by atoms with Gasteiger partial charge < -0.3 is 10.5 Å². The van der Waals surface area contributed by atoms with Crippen LogP contribution in [0.25, 0.3) is 16.7 Å². The van der Waals surface area contributed by atoms with Gasteiger partial charge in [0.25, 0.3) is 0 Å². The first-order valence-electron chi connectivity index (χ1n) is 5.97. The molecule has 0 bridgehead atoms. The van der Waals surface area contributed by atoms with Gasteiger partial charge in [-0.05, 0) is 31.2 Å². The molecule has 6 nitrogen and oxygen atoms in total. The van der Waals surface area contributed by atoms with Crippen LogP contribution in [0.5, 0.6) is 5.75 Å². The molecule has 6 heteroatoms. The number of rotatable bonds is 3. The highest BCUT2D eigenvalue weighted by molar-refractivity contribution is 5.85. The summed E-state index contributed by atoms with van der Waals surface area (Å²) in [5.74, 6) is 1.26. The highest BCUT2D eigenvalue weighted by Gasteiger charge is 2.08. The molecule has 0 radical (unpaired) electrons. The fourth-order valence-corrected chi connectivity index (χ4v) is 1.90. The third-order valence-electron chi connectivity index (χ3n) is 2.79. The Kier molecular flexibility index (Phi) is 2.75. The summed E-state index contributed by atoms with van der Waals surface area (Å²) >= 11 is 0. The van der Waals surface area contributed by atoms with E-state index in [0.717, 1.165) is 16.8 Å². The van der Waals surface area contributed by atoms with E-state index in [2.05, 4.69) is 15.1 Å². The smallest absolute Gasteiger partial charge is 0.168 e. The molecular weight excluding hydrogens is 242 g/mol. The first-order chi connectivity index (χ1) is 9.29. The Morgan fingerprint density at radius 3 is 2.74 bits per heavy atom. The first kappa shape index (κ1) is 11.5. The SMILES string of the molecule is CCOc1ccc(-n2ncc3c(N)ncnc32)cc1. The van der Waals surface area contributed by atoms with Crippen molar-refractivity contribution >= 4 is 16.9 Å². The van der Waals surface area contributed by atoms with Gasteiger partial charge in [0.2, 0.25) is 0 Å². The fraction of sp³-hybridized carbons (Fsp3) is 0.154. The maximum Gasteiger partial charge on any atom is 0.168 e. The molecule has 96 valence electrons. The predicted octanol–water partition coefficient (Wildman–Crippen LogP) is 1.80. The molecule has 0 amide bonds. The van der Waals surface area contributed by atoms with Gasteiger partial charge in [-0.2, -0.15) is 5.10 Å². The zero-order chi connectivity index (χ0) is 13.2. The van der Waals surface area contributed by atoms with Crippen molar-refractivity contribution in [3.05, 3.63) is 36.8 Å². The van der Waals surface area contributed by atoms with Crippen LogP contribution in [-0.2, 0) is 0 Å². The maximum atomic E-state index is 5.79. The number of hydrogen-bond donors (Lipinski definition) is 1. The molecule has 3 rings (SSSR count). The minimum Gasteiger partial charge on any atom is -0.494 e. The molecule has 0 saturated heterocycles. The monoisotopic (exact) mass is 255 g/mol. The van der Waals surface area contributed by atoms with Crippen molar-refractivity contribution in [3.8, 4) is 11.4 Å². The highest BCUT2D eigenvalue weighted by Crippen LogP contribution is 2.21. The van der Waals surface area contributed by atoms with Crippen LogP contribution >= 0.6 is 0 Å². The average molecular weight is 255 g/mol. The molecule has 0 spiro atoms. The van der Waals surface area contributed by atoms with Gasteiger partial charge in [0.15, 0.2) is 5.65 Å². The lowest BCUT2D eigenvalue weighted by atomic mass is 10.3. The molecule has 19 heavy (non-hydrogen) atoms. The van der Waals surface area contributed by atoms with E-state index in [1.807, 2.05) is 31.2 Å². The Bertz CT molecular complexity index is 705. The minimum atomic E-state index is 0.433. The van der Waals surface area contributed by atoms with E-state index in [9.17, 15) is 0 Å². The number of hydrogen-bond acceptors (Lipinski definition) is 5. The van der Waals surface area contributed by atoms with Crippen LogP contribution < -0.4 is 10.5 Å². The van der Waals surface area contributed by atoms with Gasteiger partial charge in [0.1, 0.15) is 17.9 Å². The van der Waals surface area contributed by atoms with Gasteiger partial charge in [0, 0.05) is 0 Å². The highest BCUT2D eigenvalue weighted by atomic mass is 16.5. The van der Waals surface area contributed by atoms with E-state index in [4.69, 9.17) is 10.5 Å². The van der Waals surface area contributed by atoms with Gasteiger partial charge in [-0.25, -0.2) is 14.6 Å². The zero-order valence-electron chi connectivity index (χ0n) is 10.4. The summed E-state index contributed by atoms with van der Waals surface area (Å²) in [6.07, 6.45) is 3.10. The molecule has 2 heterocycles. The van der Waals surface area contributed by atoms with E-state index in [1.54, 1.807) is 10.9 Å². The number of aromatic nitrogens is 4. The second-order valence-corrected chi connectivity index (χ2v) is 3.98. The quantitative estimate of drug-likeness (QED) is 0.772. The number of nitrogen functional groups attached to an aromatic ring is 1. The van der Waals surface area contributed by atoms with Crippen LogP contribution in [-0.4, -0.2) is 26.4 Å². The summed E-state index contributed by atoms with van der Waals surface area (Å²) in [6, 6.07) is 7.65. The standard InChI is InChI=1S/C13H13N5O/c1-2-19-10-5-3-9(4-6-10)18-13-11(7-17-18)12(14)15-8-16-13/h3-8H,2H2,1H3,(H2,14,15,16). The Hall–Kier alpha value is -2.63. The second-order valence-electron chi connectivity index (χ2n) is 3.98. The second kappa shape index (κ2) is 4.56. The molecule has 0 aliphatic carbocycles. The number of benzene rings is 1. The molecule has 0 atom stereocenters. The van der Waals surface area contributed by atoms with Crippen molar-refractivity contribution in [2.75, 3.05) is 12.3 Å². The summed E-state index contributed by atoms with van der Waals surface area (Å²) in [4.78, 5) is 8.16. The molecule has 1 aromatic carbocycles. The Labute approximate surface area is 109 Å². The van der Waals surface area contributed by atoms with Gasteiger partial charge in [-0.1, -0.05) is 0 Å². The minimum absolute atomic E-state index is 0.433. The first-order valence-corrected chi connectivity index (χ1v) is 5.97. The van der Waals surface area contributed by atoms with Crippen molar-refractivity contribution in [1.82, 2.24) is 19.7 Å². The fourth-order valence-electron chi connectivity index (χ4n) is 1.90. The van der Waals surface area contributed by atoms with E-state index < -0.39 is 0 Å². The summed E-state index contributed by atoms with van der Waals surface area (Å²) < 4.78 is 7.13. The van der Waals surface area contributed by atoms with Crippen LogP contribution in [0.2, 0.25) is 0 Å². The van der Waals surface area contributed by atoms with Crippen molar-refractivity contribution in [2.45, 2.75) is 6.92 Å². The van der Waals surface area contributed by atoms with Crippen LogP contribution in [0.4, 0.5) is 5.82 Å². The average Bonchev–Trinajstić information content (AvgIpc) is 2.85. The van der Waals surface area contributed by atoms with Gasteiger partial charge in [-0.15, -0.1) is 0 Å². The maximum absolute atomic E-state index is 5.79. The Morgan fingerprint density at radius 2 is 2.00 bits per heavy atom. The van der Waals surface area contributed by atoms with Gasteiger partial charge >= 0.3 is 0 Å². The van der Waals surface area contributed by atoms with Crippen molar-refractivity contribution in [1.29, 1.82) is 0 Å². The largest absolute Gasteiger partial charge is 0.494 e. The number of nitrogens with zero attached hydrogens (tertiary/aromatic N) is 4. The molecule has 0 fully saturated rings. The van der Waals surface area contributed by atoms with Gasteiger partial charge in [-0.3, -0.25) is 0 Å². The van der Waals surface area contributed by atoms with Crippen molar-refractivity contribution < 1.29 is 4.74 Å². The van der Waals surface area contributed by atoms with Gasteiger partial charge in [0.05, 0.1) is 23.9 Å². The summed E-state index contributed by atoms with van der Waals surface area (Å²) in [6.45, 7) is 2.60. The lowest BCUT2D eigenvalue weighted by Crippen LogP contribution is -1.99. The predicted molar refractivity (Wildman–Crippen MR) is 72.2 cm³/mol. The van der Waals surface area contributed by atoms with E-state index >= 15 is 0 Å². The zero-order valence-corrected chi connectivity index (χ0v) is 10.4. The lowest BCUT2D eigenvalue weighted by molar-refractivity contribution is 0.340. The molecule has 2 N–H and O–H groups in total. The van der Waals surface area contributed by atoms with Crippen molar-refractivity contribution in [2.24, 2.45) is 0 Å². The van der Waals surface area contributed by atoms with Crippen LogP contribution in [0.3, 0.4) is 0 Å². The number of anilines is 1. The molecule has 0 aliphatic heterocycles. The van der Waals surface area contributed by atoms with Crippen LogP contribution in [0, 0.1) is 0 Å². The molecular formula is C13H13N5O. The number of ether oxygens (including phenoxy) is 1. The Balaban J connectivity index is 2.06. The number of fused-ring (bicyclic) bond motifs is 1. The normalized spacial score (nSPS) is 10.8. The third-order valence-corrected chi connectivity index (χ3v) is 2.79. The van der Waals surface area contributed by atoms with Crippen molar-refractivity contribution in [3.63, 3.8) is 0 Å². The third kappa shape index (κ3) is 1.97. The molecule has 0 unspecified atom stereocenters. The molecule has 3 aromatic rings. The van der Waals surface area contributed by atoms with E-state index in [0.29, 0.717) is 18.1 Å². The molecule has 0 aliphatic rings. The van der Waals surface area contributed by atoms with Crippen LogP contribution in [0.1, 0.15) is 6.92 Å². The molecule has 2 aromatic heterocycles.